The SMILES string of the molecule is C.COC(=O)C[C@@H](C(=O)O)c1ccc(F)cc1.COC(=O)N[C@H](C(=O)N1CCC[C@H]1c1ncc(-c2ccc3cc(-c4ccc(-c5cnc([C@@H]6CCCN6C(=O)OC(C)(C)C)[nH]5)cc4)ccc3c2)[nH]1)C(C)C.COC(=O)N[C@H](C(=O)N1CCC[C@H]1c1ncc(-c2ccc3cc(-c4ccc(-c5cnc([C@@H]6CCCN6C(=O)[C@H](NC(=O)OC)c6ccc(F)cc6)[nH]5)cc4)ccc3c2)[nH]1)C(C)C. The molecule has 0 saturated carbocycles. The van der Waals surface area contributed by atoms with E-state index in [4.69, 9.17) is 34.0 Å². The van der Waals surface area contributed by atoms with E-state index in [-0.39, 0.29) is 73.7 Å². The minimum Gasteiger partial charge on any atom is -0.481 e. The first-order chi connectivity index (χ1) is 63.4. The maximum atomic E-state index is 13.9. The van der Waals surface area contributed by atoms with Crippen molar-refractivity contribution in [2.24, 2.45) is 11.8 Å². The average Bonchev–Trinajstić information content (AvgIpc) is 1.55. The predicted octanol–water partition coefficient (Wildman–Crippen LogP) is 18.8. The highest BCUT2D eigenvalue weighted by molar-refractivity contribution is 5.94. The van der Waals surface area contributed by atoms with Crippen molar-refractivity contribution in [1.82, 2.24) is 75.4 Å². The summed E-state index contributed by atoms with van der Waals surface area (Å²) in [6, 6.07) is 49.3. The number of hydrogen-bond acceptors (Lipinski definition) is 18. The highest BCUT2D eigenvalue weighted by Gasteiger charge is 2.42. The Bertz CT molecular complexity index is 6150. The molecule has 0 aliphatic carbocycles. The number of carbonyl (C=O) groups is 9. The molecule has 0 radical (unpaired) electrons. The van der Waals surface area contributed by atoms with Crippen LogP contribution in [0.5, 0.6) is 0 Å². The molecule has 16 rings (SSSR count). The van der Waals surface area contributed by atoms with Gasteiger partial charge in [-0.05, 0) is 199 Å². The summed E-state index contributed by atoms with van der Waals surface area (Å²) in [5.74, 6) is -1.60. The Labute approximate surface area is 769 Å². The number of hydrogen-bond donors (Lipinski definition) is 8. The summed E-state index contributed by atoms with van der Waals surface area (Å²) in [4.78, 5) is 152. The third-order valence-corrected chi connectivity index (χ3v) is 24.3. The van der Waals surface area contributed by atoms with Crippen LogP contribution in [0, 0.1) is 23.5 Å². The van der Waals surface area contributed by atoms with Gasteiger partial charge in [-0.3, -0.25) is 28.9 Å². The second-order valence-corrected chi connectivity index (χ2v) is 34.9. The summed E-state index contributed by atoms with van der Waals surface area (Å²) < 4.78 is 50.7. The van der Waals surface area contributed by atoms with Crippen molar-refractivity contribution < 1.29 is 80.7 Å². The standard InChI is InChI=1S/C47H49FN8O6.C42H49N7O5.C11H11FO4.CH4/c1-27(2)40(53-46(59)61-3)44(57)55-21-5-7-38(55)43-50-26-37(52-43)34-16-15-32-23-31(13-14-33(32)24-34)28-9-11-29(12-10-28)36-25-49-42(51-36)39-8-6-22-56(39)45(58)41(54-47(60)62-4)30-17-19-35(48)20-18-30;1-25(2)36(47-40(51)53-6)39(50)48-19-7-9-34(48)37-44-24-33(46-37)31-18-17-29-21-28(15-16-30(29)22-31)26-11-13-27(14-12-26)32-23-43-38(45-32)35-10-8-20-49(35)41(52)54-42(3,4)5;1-16-10(13)6-9(11(14)15)7-2-4-8(12)5-3-7;/h9-20,23-27,38-41H,5-8,21-22H2,1-4H3,(H,49,51)(H,50,52)(H,53,59)(H,54,60);11-18,21-25,34-36H,7-10,19-20H2,1-6H3,(H,43,45)(H,44,46)(H,47,51);2-5,9H,6H2,1H3,(H,14,15);1H4/t38-,39-,40-,41+;34-,35-,36-;9-;/m001./s1. The van der Waals surface area contributed by atoms with Gasteiger partial charge in [0.15, 0.2) is 0 Å². The molecule has 4 aromatic heterocycles. The van der Waals surface area contributed by atoms with E-state index in [1.165, 1.54) is 64.8 Å². The number of aliphatic carboxylic acids is 1. The molecule has 133 heavy (non-hydrogen) atoms. The van der Waals surface area contributed by atoms with Crippen LogP contribution in [0.1, 0.15) is 184 Å². The van der Waals surface area contributed by atoms with Crippen LogP contribution in [0.4, 0.5) is 28.0 Å². The van der Waals surface area contributed by atoms with Crippen molar-refractivity contribution in [3.63, 3.8) is 0 Å². The zero-order valence-corrected chi connectivity index (χ0v) is 75.4. The van der Waals surface area contributed by atoms with Gasteiger partial charge >= 0.3 is 36.3 Å². The summed E-state index contributed by atoms with van der Waals surface area (Å²) in [6.45, 7) is 15.6. The van der Waals surface area contributed by atoms with Gasteiger partial charge in [-0.2, -0.15) is 0 Å². The quantitative estimate of drug-likeness (QED) is 0.0218. The molecule has 8 atom stereocenters. The zero-order chi connectivity index (χ0) is 93.8. The monoisotopic (exact) mass is 1810 g/mol. The molecule has 32 heteroatoms. The first-order valence-corrected chi connectivity index (χ1v) is 44.2. The molecule has 0 unspecified atom stereocenters. The molecule has 7 amide bonds. The highest BCUT2D eigenvalue weighted by atomic mass is 19.1. The molecule has 0 bridgehead atoms. The number of alkyl carbamates (subject to hydrolysis) is 3. The summed E-state index contributed by atoms with van der Waals surface area (Å²) in [7, 11) is 5.00. The van der Waals surface area contributed by atoms with E-state index < -0.39 is 71.5 Å². The molecular weight excluding hydrogens is 1700 g/mol. The van der Waals surface area contributed by atoms with Crippen LogP contribution in [0.2, 0.25) is 0 Å². The third kappa shape index (κ3) is 22.7. The molecule has 4 aliphatic heterocycles. The summed E-state index contributed by atoms with van der Waals surface area (Å²) >= 11 is 0. The van der Waals surface area contributed by atoms with Gasteiger partial charge in [-0.1, -0.05) is 156 Å². The Balaban J connectivity index is 0.000000193. The van der Waals surface area contributed by atoms with Gasteiger partial charge in [-0.15, -0.1) is 0 Å². The minimum atomic E-state index is -1.14. The Morgan fingerprint density at radius 2 is 0.714 bits per heavy atom. The van der Waals surface area contributed by atoms with Crippen molar-refractivity contribution in [3.8, 4) is 67.3 Å². The lowest BCUT2D eigenvalue weighted by Crippen LogP contribution is -2.51. The van der Waals surface area contributed by atoms with Gasteiger partial charge in [0.05, 0.1) is 113 Å². The van der Waals surface area contributed by atoms with E-state index in [0.717, 1.165) is 158 Å². The number of carboxylic acids is 1. The number of fused-ring (bicyclic) bond motifs is 2. The second kappa shape index (κ2) is 42.5. The molecule has 8 aromatic carbocycles. The second-order valence-electron chi connectivity index (χ2n) is 34.9. The fourth-order valence-corrected chi connectivity index (χ4v) is 17.3. The van der Waals surface area contributed by atoms with E-state index in [2.05, 4.69) is 160 Å². The fourth-order valence-electron chi connectivity index (χ4n) is 17.3. The number of carboxylic acid groups (broad SMARTS) is 1. The van der Waals surface area contributed by atoms with Crippen molar-refractivity contribution >= 4 is 75.6 Å². The zero-order valence-electron chi connectivity index (χ0n) is 75.4. The lowest BCUT2D eigenvalue weighted by atomic mass is 9.96. The first-order valence-electron chi connectivity index (χ1n) is 44.2. The molecule has 4 saturated heterocycles. The van der Waals surface area contributed by atoms with Gasteiger partial charge in [0.1, 0.15) is 58.7 Å². The lowest BCUT2D eigenvalue weighted by Gasteiger charge is -2.30. The molecule has 4 fully saturated rings. The molecule has 12 aromatic rings. The molecule has 4 aliphatic rings. The number of imidazole rings is 4. The van der Waals surface area contributed by atoms with E-state index in [9.17, 15) is 51.9 Å². The number of rotatable bonds is 23. The smallest absolute Gasteiger partial charge is 0.410 e. The average molecular weight is 1820 g/mol. The van der Waals surface area contributed by atoms with Crippen LogP contribution in [0.15, 0.2) is 195 Å². The Morgan fingerprint density at radius 1 is 0.406 bits per heavy atom. The van der Waals surface area contributed by atoms with Gasteiger partial charge in [0, 0.05) is 37.3 Å². The number of halogens is 2. The largest absolute Gasteiger partial charge is 0.481 e. The van der Waals surface area contributed by atoms with Gasteiger partial charge in [-0.25, -0.2) is 47.9 Å². The van der Waals surface area contributed by atoms with Crippen LogP contribution in [-0.4, -0.2) is 191 Å². The number of nitrogens with one attached hydrogen (secondary N) is 7. The van der Waals surface area contributed by atoms with Crippen molar-refractivity contribution in [2.45, 2.75) is 167 Å². The summed E-state index contributed by atoms with van der Waals surface area (Å²) in [5.41, 5.74) is 12.0. The number of benzene rings is 8. The molecule has 0 spiro atoms. The van der Waals surface area contributed by atoms with Crippen LogP contribution in [0.3, 0.4) is 0 Å². The number of H-pyrrole nitrogens is 4. The number of nitrogens with zero attached hydrogens (tertiary/aromatic N) is 8. The van der Waals surface area contributed by atoms with Gasteiger partial charge in [0.2, 0.25) is 11.8 Å². The number of esters is 1. The van der Waals surface area contributed by atoms with Gasteiger partial charge in [0.25, 0.3) is 5.91 Å². The highest BCUT2D eigenvalue weighted by Crippen LogP contribution is 2.41. The maximum Gasteiger partial charge on any atom is 0.410 e. The number of aromatic nitrogens is 8. The summed E-state index contributed by atoms with van der Waals surface area (Å²) in [6.07, 6.45) is 11.1. The molecule has 8 heterocycles. The minimum absolute atomic E-state index is 0. The summed E-state index contributed by atoms with van der Waals surface area (Å²) in [5, 5.41) is 21.3. The normalized spacial score (nSPS) is 16.8. The van der Waals surface area contributed by atoms with Crippen LogP contribution in [0.25, 0.3) is 88.8 Å². The van der Waals surface area contributed by atoms with E-state index in [1.54, 1.807) is 20.9 Å². The topological polar surface area (TPSA) is 384 Å². The molecule has 696 valence electrons. The number of amides is 7. The maximum absolute atomic E-state index is 13.9. The number of ether oxygens (including phenoxy) is 5. The Morgan fingerprint density at radius 3 is 1.06 bits per heavy atom. The van der Waals surface area contributed by atoms with Crippen molar-refractivity contribution in [1.29, 1.82) is 0 Å². The number of carbonyl (C=O) groups excluding carboxylic acids is 8. The van der Waals surface area contributed by atoms with E-state index >= 15 is 0 Å². The van der Waals surface area contributed by atoms with E-state index in [0.29, 0.717) is 55.4 Å². The van der Waals surface area contributed by atoms with Crippen LogP contribution < -0.4 is 16.0 Å². The van der Waals surface area contributed by atoms with E-state index in [1.807, 2.05) is 84.1 Å². The lowest BCUT2D eigenvalue weighted by molar-refractivity contribution is -0.147. The number of likely N-dealkylation sites (tertiary alicyclic amines) is 4. The van der Waals surface area contributed by atoms with Crippen LogP contribution in [-0.2, 0) is 47.7 Å². The third-order valence-electron chi connectivity index (χ3n) is 24.3. The number of methoxy groups -OCH3 is 4. The Hall–Kier alpha value is -14.6. The molecule has 30 nitrogen and oxygen atoms in total. The van der Waals surface area contributed by atoms with Crippen LogP contribution >= 0.6 is 0 Å². The van der Waals surface area contributed by atoms with Crippen molar-refractivity contribution in [2.75, 3.05) is 54.6 Å². The van der Waals surface area contributed by atoms with Crippen molar-refractivity contribution in [3.05, 3.63) is 241 Å². The molecular formula is C101H113F2N15O15. The van der Waals surface area contributed by atoms with Gasteiger partial charge < -0.3 is 79.4 Å². The fraction of sp³-hybridized carbons (Fsp3) is 0.356. The number of aromatic amines is 4. The Kier molecular flexibility index (Phi) is 30.7. The first kappa shape index (κ1) is 96.0. The predicted molar refractivity (Wildman–Crippen MR) is 498 cm³/mol. The molecule has 8 N–H and O–H groups in total.